The second-order valence-electron chi connectivity index (χ2n) is 7.18. The second-order valence-corrected chi connectivity index (χ2v) is 8.74. The van der Waals surface area contributed by atoms with Crippen molar-refractivity contribution >= 4 is 33.4 Å². The summed E-state index contributed by atoms with van der Waals surface area (Å²) >= 11 is 0. The van der Waals surface area contributed by atoms with Gasteiger partial charge in [0.15, 0.2) is 0 Å². The number of carbonyl (C=O) groups is 1. The van der Waals surface area contributed by atoms with Crippen molar-refractivity contribution in [1.82, 2.24) is 0 Å². The summed E-state index contributed by atoms with van der Waals surface area (Å²) in [5.74, 6) is -0.0111. The molecule has 0 aliphatic carbocycles. The quantitative estimate of drug-likeness (QED) is 0.564. The first-order chi connectivity index (χ1) is 15.4. The van der Waals surface area contributed by atoms with E-state index >= 15 is 0 Å². The van der Waals surface area contributed by atoms with Crippen LogP contribution < -0.4 is 10.1 Å². The summed E-state index contributed by atoms with van der Waals surface area (Å²) in [7, 11) is -3.88. The number of alkyl halides is 3. The van der Waals surface area contributed by atoms with Crippen molar-refractivity contribution in [3.63, 3.8) is 0 Å². The minimum atomic E-state index is -4.48. The lowest BCUT2D eigenvalue weighted by Crippen LogP contribution is -2.21. The molecule has 0 saturated carbocycles. The number of hydrazone groups is 1. The highest BCUT2D eigenvalue weighted by molar-refractivity contribution is 7.89. The molecule has 0 radical (unpaired) electrons. The molecule has 33 heavy (non-hydrogen) atoms. The summed E-state index contributed by atoms with van der Waals surface area (Å²) in [6.45, 7) is 1.61. The Morgan fingerprint density at radius 2 is 1.76 bits per heavy atom. The lowest BCUT2D eigenvalue weighted by atomic mass is 10.1. The molecule has 170 valence electrons. The Balaban J connectivity index is 1.59. The van der Waals surface area contributed by atoms with E-state index in [0.717, 1.165) is 17.1 Å². The van der Waals surface area contributed by atoms with Gasteiger partial charge in [0.05, 0.1) is 27.4 Å². The fourth-order valence-corrected chi connectivity index (χ4v) is 3.73. The highest BCUT2D eigenvalue weighted by Crippen LogP contribution is 2.33. The van der Waals surface area contributed by atoms with E-state index in [1.165, 1.54) is 54.6 Å². The van der Waals surface area contributed by atoms with Crippen molar-refractivity contribution in [3.05, 3.63) is 77.6 Å². The predicted octanol–water partition coefficient (Wildman–Crippen LogP) is 4.42. The number of nitrogens with two attached hydrogens (primary N) is 1. The Kier molecular flexibility index (Phi) is 5.46. The first kappa shape index (κ1) is 22.5. The standard InChI is InChI=1S/C22H16F3N3O4S/c1-13-19(21(29)28(27-13)16-5-8-18(9-6-16)33(26,30)31)12-17-7-10-20(32-17)14-3-2-4-15(11-14)22(23,24)25/h2-12H,1H3,(H2,26,30,31)/b19-12-. The van der Waals surface area contributed by atoms with E-state index in [1.54, 1.807) is 6.92 Å². The van der Waals surface area contributed by atoms with Gasteiger partial charge in [-0.05, 0) is 61.5 Å². The van der Waals surface area contributed by atoms with Gasteiger partial charge in [-0.3, -0.25) is 4.79 Å². The Labute approximate surface area is 186 Å². The van der Waals surface area contributed by atoms with Crippen LogP contribution in [0.2, 0.25) is 0 Å². The predicted molar refractivity (Wildman–Crippen MR) is 116 cm³/mol. The summed E-state index contributed by atoms with van der Waals surface area (Å²) in [4.78, 5) is 12.8. The molecule has 0 saturated heterocycles. The molecule has 3 aromatic rings. The van der Waals surface area contributed by atoms with Crippen LogP contribution in [0.15, 0.2) is 80.7 Å². The first-order valence-corrected chi connectivity index (χ1v) is 11.0. The summed E-state index contributed by atoms with van der Waals surface area (Å²) in [6, 6.07) is 13.1. The van der Waals surface area contributed by atoms with Gasteiger partial charge in [0.1, 0.15) is 11.5 Å². The highest BCUT2D eigenvalue weighted by Gasteiger charge is 2.31. The lowest BCUT2D eigenvalue weighted by molar-refractivity contribution is -0.137. The van der Waals surface area contributed by atoms with Gasteiger partial charge in [0.2, 0.25) is 10.0 Å². The Morgan fingerprint density at radius 3 is 2.39 bits per heavy atom. The zero-order valence-corrected chi connectivity index (χ0v) is 17.8. The molecule has 1 amide bonds. The lowest BCUT2D eigenvalue weighted by Gasteiger charge is -2.12. The molecule has 4 rings (SSSR count). The molecule has 0 spiro atoms. The van der Waals surface area contributed by atoms with Crippen LogP contribution in [0.3, 0.4) is 0 Å². The topological polar surface area (TPSA) is 106 Å². The minimum absolute atomic E-state index is 0.105. The molecule has 2 heterocycles. The van der Waals surface area contributed by atoms with Crippen LogP contribution in [-0.4, -0.2) is 20.0 Å². The number of rotatable bonds is 4. The van der Waals surface area contributed by atoms with Crippen molar-refractivity contribution in [2.24, 2.45) is 10.2 Å². The molecule has 0 bridgehead atoms. The van der Waals surface area contributed by atoms with Gasteiger partial charge in [-0.1, -0.05) is 12.1 Å². The maximum Gasteiger partial charge on any atom is 0.416 e. The number of hydrogen-bond acceptors (Lipinski definition) is 5. The van der Waals surface area contributed by atoms with Gasteiger partial charge in [-0.15, -0.1) is 0 Å². The van der Waals surface area contributed by atoms with Crippen LogP contribution in [-0.2, 0) is 21.0 Å². The molecule has 7 nitrogen and oxygen atoms in total. The number of primary sulfonamides is 1. The van der Waals surface area contributed by atoms with Crippen LogP contribution in [0.25, 0.3) is 17.4 Å². The third-order valence-electron chi connectivity index (χ3n) is 4.86. The van der Waals surface area contributed by atoms with Crippen LogP contribution in [0.1, 0.15) is 18.2 Å². The SMILES string of the molecule is CC1=NN(c2ccc(S(N)(=O)=O)cc2)C(=O)/C1=C\c1ccc(-c2cccc(C(F)(F)F)c2)o1. The molecule has 0 unspecified atom stereocenters. The van der Waals surface area contributed by atoms with Crippen LogP contribution >= 0.6 is 0 Å². The van der Waals surface area contributed by atoms with Crippen molar-refractivity contribution in [2.75, 3.05) is 5.01 Å². The molecule has 0 atom stereocenters. The van der Waals surface area contributed by atoms with Crippen LogP contribution in [0, 0.1) is 0 Å². The number of halogens is 3. The van der Waals surface area contributed by atoms with Gasteiger partial charge in [-0.25, -0.2) is 13.6 Å². The summed E-state index contributed by atoms with van der Waals surface area (Å²) in [6.07, 6.45) is -3.04. The zero-order chi connectivity index (χ0) is 24.0. The Morgan fingerprint density at radius 1 is 1.06 bits per heavy atom. The largest absolute Gasteiger partial charge is 0.457 e. The van der Waals surface area contributed by atoms with E-state index in [4.69, 9.17) is 9.56 Å². The highest BCUT2D eigenvalue weighted by atomic mass is 32.2. The number of amides is 1. The van der Waals surface area contributed by atoms with Crippen molar-refractivity contribution in [1.29, 1.82) is 0 Å². The number of carbonyl (C=O) groups excluding carboxylic acids is 1. The van der Waals surface area contributed by atoms with Crippen LogP contribution in [0.4, 0.5) is 18.9 Å². The molecule has 11 heteroatoms. The fourth-order valence-electron chi connectivity index (χ4n) is 3.21. The number of nitrogens with zero attached hydrogens (tertiary/aromatic N) is 2. The van der Waals surface area contributed by atoms with Gasteiger partial charge < -0.3 is 4.42 Å². The minimum Gasteiger partial charge on any atom is -0.457 e. The maximum absolute atomic E-state index is 13.0. The average Bonchev–Trinajstić information content (AvgIpc) is 3.33. The Bertz CT molecular complexity index is 1410. The maximum atomic E-state index is 13.0. The van der Waals surface area contributed by atoms with E-state index in [0.29, 0.717) is 11.4 Å². The van der Waals surface area contributed by atoms with E-state index < -0.39 is 27.7 Å². The molecule has 1 aromatic heterocycles. The number of furan rings is 1. The summed E-state index contributed by atoms with van der Waals surface area (Å²) in [5.41, 5.74) is 0.380. The van der Waals surface area contributed by atoms with E-state index in [9.17, 15) is 26.4 Å². The normalized spacial score (nSPS) is 15.9. The molecular formula is C22H16F3N3O4S. The average molecular weight is 475 g/mol. The third-order valence-corrected chi connectivity index (χ3v) is 5.79. The smallest absolute Gasteiger partial charge is 0.416 e. The van der Waals surface area contributed by atoms with E-state index in [1.807, 2.05) is 0 Å². The fraction of sp³-hybridized carbons (Fsp3) is 0.0909. The van der Waals surface area contributed by atoms with Gasteiger partial charge in [0, 0.05) is 5.56 Å². The van der Waals surface area contributed by atoms with E-state index in [-0.39, 0.29) is 27.6 Å². The van der Waals surface area contributed by atoms with Crippen molar-refractivity contribution in [2.45, 2.75) is 18.0 Å². The van der Waals surface area contributed by atoms with Crippen molar-refractivity contribution in [3.8, 4) is 11.3 Å². The molecule has 1 aliphatic rings. The monoisotopic (exact) mass is 475 g/mol. The summed E-state index contributed by atoms with van der Waals surface area (Å²) < 4.78 is 67.4. The Hall–Kier alpha value is -3.70. The zero-order valence-electron chi connectivity index (χ0n) is 17.0. The first-order valence-electron chi connectivity index (χ1n) is 9.45. The second kappa shape index (κ2) is 8.01. The number of sulfonamides is 1. The van der Waals surface area contributed by atoms with Gasteiger partial charge >= 0.3 is 6.18 Å². The van der Waals surface area contributed by atoms with E-state index in [2.05, 4.69) is 5.10 Å². The van der Waals surface area contributed by atoms with Crippen LogP contribution in [0.5, 0.6) is 0 Å². The summed E-state index contributed by atoms with van der Waals surface area (Å²) in [5, 5.41) is 10.4. The molecule has 2 aromatic carbocycles. The van der Waals surface area contributed by atoms with Gasteiger partial charge in [-0.2, -0.15) is 23.3 Å². The molecule has 2 N–H and O–H groups in total. The number of hydrogen-bond donors (Lipinski definition) is 1. The number of anilines is 1. The molecule has 0 fully saturated rings. The third kappa shape index (κ3) is 4.59. The number of benzene rings is 2. The molecule has 1 aliphatic heterocycles. The van der Waals surface area contributed by atoms with Gasteiger partial charge in [0.25, 0.3) is 5.91 Å². The molecular weight excluding hydrogens is 459 g/mol. The van der Waals surface area contributed by atoms with Crippen molar-refractivity contribution < 1.29 is 30.8 Å².